The first-order chi connectivity index (χ1) is 17.9. The van der Waals surface area contributed by atoms with Crippen LogP contribution in [0.1, 0.15) is 41.5 Å². The molecule has 1 aliphatic heterocycles. The van der Waals surface area contributed by atoms with Crippen molar-refractivity contribution in [3.05, 3.63) is 144 Å². The van der Waals surface area contributed by atoms with E-state index < -0.39 is 8.80 Å². The lowest BCUT2D eigenvalue weighted by Crippen LogP contribution is -2.31. The topological polar surface area (TPSA) is 9.23 Å². The van der Waals surface area contributed by atoms with Gasteiger partial charge in [-0.25, -0.2) is 0 Å². The van der Waals surface area contributed by atoms with Crippen molar-refractivity contribution in [2.24, 2.45) is 0 Å². The van der Waals surface area contributed by atoms with Crippen LogP contribution in [0.25, 0.3) is 0 Å². The van der Waals surface area contributed by atoms with Gasteiger partial charge in [0.25, 0.3) is 0 Å². The highest BCUT2D eigenvalue weighted by Gasteiger charge is 2.17. The highest BCUT2D eigenvalue weighted by molar-refractivity contribution is 6.57. The van der Waals surface area contributed by atoms with Crippen LogP contribution in [-0.2, 0) is 4.74 Å². The molecular weight excluding hydrogens is 464 g/mol. The van der Waals surface area contributed by atoms with Gasteiger partial charge < -0.3 is 4.74 Å². The van der Waals surface area contributed by atoms with Gasteiger partial charge in [0.1, 0.15) is 0 Å². The Balaban J connectivity index is 0.000000232. The van der Waals surface area contributed by atoms with E-state index in [0.29, 0.717) is 5.73 Å². The molecule has 0 aliphatic carbocycles. The summed E-state index contributed by atoms with van der Waals surface area (Å²) in [6.07, 6.45) is 4.03. The van der Waals surface area contributed by atoms with E-state index >= 15 is 0 Å². The predicted octanol–water partition coefficient (Wildman–Crippen LogP) is 8.76. The number of rotatable bonds is 1. The lowest BCUT2D eigenvalue weighted by atomic mass is 10.2. The molecule has 0 saturated carbocycles. The summed E-state index contributed by atoms with van der Waals surface area (Å²) in [5, 5.41) is 0. The van der Waals surface area contributed by atoms with Crippen molar-refractivity contribution in [2.45, 2.75) is 65.8 Å². The van der Waals surface area contributed by atoms with Crippen LogP contribution in [0.5, 0.6) is 0 Å². The van der Waals surface area contributed by atoms with E-state index in [2.05, 4.69) is 65.1 Å². The Morgan fingerprint density at radius 1 is 0.541 bits per heavy atom. The van der Waals surface area contributed by atoms with Crippen LogP contribution in [-0.4, -0.2) is 21.1 Å². The highest BCUT2D eigenvalue weighted by Crippen LogP contribution is 2.14. The highest BCUT2D eigenvalue weighted by atomic mass is 28.3. The van der Waals surface area contributed by atoms with E-state index in [-0.39, 0.29) is 0 Å². The van der Waals surface area contributed by atoms with E-state index in [4.69, 9.17) is 4.74 Å². The number of aryl methyl sites for hydroxylation is 4. The van der Waals surface area contributed by atoms with E-state index in [9.17, 15) is 0 Å². The Labute approximate surface area is 229 Å². The molecule has 194 valence electrons. The molecule has 1 saturated heterocycles. The van der Waals surface area contributed by atoms with Gasteiger partial charge in [-0.15, -0.1) is 0 Å². The molecule has 2 heteroatoms. The first-order valence-corrected chi connectivity index (χ1v) is 16.2. The minimum Gasteiger partial charge on any atom is -0.382 e. The zero-order valence-electron chi connectivity index (χ0n) is 23.6. The van der Waals surface area contributed by atoms with Gasteiger partial charge in [-0.2, -0.15) is 0 Å². The summed E-state index contributed by atoms with van der Waals surface area (Å²) >= 11 is 0. The summed E-state index contributed by atoms with van der Waals surface area (Å²) in [6.45, 7) is 14.0. The van der Waals surface area contributed by atoms with Crippen LogP contribution >= 0.6 is 0 Å². The van der Waals surface area contributed by atoms with Crippen molar-refractivity contribution in [1.82, 2.24) is 0 Å². The maximum Gasteiger partial charge on any atom is 0.0656 e. The molecule has 37 heavy (non-hydrogen) atoms. The summed E-state index contributed by atoms with van der Waals surface area (Å²) in [5.41, 5.74) is 5.86. The third-order valence-electron chi connectivity index (χ3n) is 5.50. The van der Waals surface area contributed by atoms with Crippen LogP contribution in [0, 0.1) is 52.0 Å². The average molecular weight is 509 g/mol. The maximum atomic E-state index is 5.60. The minimum atomic E-state index is -0.474. The van der Waals surface area contributed by atoms with E-state index in [1.807, 2.05) is 97.1 Å². The first-order valence-electron chi connectivity index (χ1n) is 13.2. The number of ether oxygens (including phenoxy) is 1. The summed E-state index contributed by atoms with van der Waals surface area (Å²) in [4.78, 5) is 0. The van der Waals surface area contributed by atoms with E-state index in [0.717, 1.165) is 6.61 Å². The fraction of sp³-hybridized carbons (Fsp3) is 0.314. The second kappa shape index (κ2) is 21.2. The fourth-order valence-electron chi connectivity index (χ4n) is 3.17. The third-order valence-corrected chi connectivity index (χ3v) is 7.51. The molecule has 4 aromatic carbocycles. The molecule has 1 nitrogen and oxygen atoms in total. The normalized spacial score (nSPS) is 13.6. The standard InChI is InChI=1S/C7H16OSi.4C7H7/c1-9(2)7-5-3-4-6-8-7;4*1-7-5-3-2-4-6-7/h7,9H,3-6H2,1-2H3;4*3-6H,1H3. The molecule has 4 aromatic rings. The molecule has 1 atom stereocenters. The number of hydrogen-bond donors (Lipinski definition) is 0. The Bertz CT molecular complexity index is 846. The second-order valence-electron chi connectivity index (χ2n) is 9.46. The molecule has 1 heterocycles. The molecular formula is C35H44OSi. The van der Waals surface area contributed by atoms with Crippen molar-refractivity contribution in [1.29, 1.82) is 0 Å². The molecule has 0 aromatic heterocycles. The monoisotopic (exact) mass is 508 g/mol. The Morgan fingerprint density at radius 2 is 0.838 bits per heavy atom. The second-order valence-corrected chi connectivity index (χ2v) is 12.7. The lowest BCUT2D eigenvalue weighted by molar-refractivity contribution is 0.0631. The lowest BCUT2D eigenvalue weighted by Gasteiger charge is -2.24. The molecule has 0 spiro atoms. The number of hydrogen-bond acceptors (Lipinski definition) is 1. The molecule has 1 unspecified atom stereocenters. The van der Waals surface area contributed by atoms with Crippen LogP contribution in [0.2, 0.25) is 13.1 Å². The van der Waals surface area contributed by atoms with Gasteiger partial charge in [0, 0.05) is 12.3 Å². The van der Waals surface area contributed by atoms with Gasteiger partial charge in [-0.1, -0.05) is 132 Å². The summed E-state index contributed by atoms with van der Waals surface area (Å²) < 4.78 is 5.60. The van der Waals surface area contributed by atoms with Crippen molar-refractivity contribution in [2.75, 3.05) is 6.61 Å². The van der Waals surface area contributed by atoms with E-state index in [1.165, 1.54) is 41.5 Å². The maximum absolute atomic E-state index is 5.60. The van der Waals surface area contributed by atoms with Crippen molar-refractivity contribution in [3.63, 3.8) is 0 Å². The molecule has 5 rings (SSSR count). The van der Waals surface area contributed by atoms with Gasteiger partial charge in [0.2, 0.25) is 0 Å². The zero-order valence-corrected chi connectivity index (χ0v) is 24.8. The zero-order chi connectivity index (χ0) is 27.1. The molecule has 0 amide bonds. The molecule has 1 fully saturated rings. The van der Waals surface area contributed by atoms with Crippen LogP contribution in [0.15, 0.2) is 97.1 Å². The third kappa shape index (κ3) is 18.9. The first kappa shape index (κ1) is 32.1. The molecule has 0 bridgehead atoms. The Hall–Kier alpha value is -2.94. The van der Waals surface area contributed by atoms with Gasteiger partial charge in [0.15, 0.2) is 0 Å². The van der Waals surface area contributed by atoms with Gasteiger partial charge in [-0.3, -0.25) is 0 Å². The SMILES string of the molecule is C[SiH](C)C1CCCCO1.Cc1cc[c]cc1.Cc1cc[c]cc1.Cc1cc[c]cc1.Cc1cc[c]cc1. The van der Waals surface area contributed by atoms with Crippen molar-refractivity contribution < 1.29 is 4.74 Å². The van der Waals surface area contributed by atoms with Gasteiger partial charge in [0.05, 0.1) is 8.80 Å². The summed E-state index contributed by atoms with van der Waals surface area (Å²) in [7, 11) is -0.474. The predicted molar refractivity (Wildman–Crippen MR) is 163 cm³/mol. The Kier molecular flexibility index (Phi) is 18.4. The van der Waals surface area contributed by atoms with Crippen LogP contribution in [0.3, 0.4) is 0 Å². The van der Waals surface area contributed by atoms with Gasteiger partial charge in [-0.05, 0) is 71.2 Å². The van der Waals surface area contributed by atoms with Crippen molar-refractivity contribution >= 4 is 8.80 Å². The molecule has 1 aliphatic rings. The summed E-state index contributed by atoms with van der Waals surface area (Å²) in [5.74, 6) is 0. The molecule has 4 radical (unpaired) electrons. The van der Waals surface area contributed by atoms with Gasteiger partial charge >= 0.3 is 0 Å². The van der Waals surface area contributed by atoms with E-state index in [1.54, 1.807) is 0 Å². The quantitative estimate of drug-likeness (QED) is 0.233. The summed E-state index contributed by atoms with van der Waals surface area (Å²) in [6, 6.07) is 43.3. The molecule has 0 N–H and O–H groups in total. The van der Waals surface area contributed by atoms with Crippen molar-refractivity contribution in [3.8, 4) is 0 Å². The smallest absolute Gasteiger partial charge is 0.0656 e. The largest absolute Gasteiger partial charge is 0.382 e. The Morgan fingerprint density at radius 3 is 0.973 bits per heavy atom. The minimum absolute atomic E-state index is 0.474. The van der Waals surface area contributed by atoms with Crippen LogP contribution < -0.4 is 0 Å². The van der Waals surface area contributed by atoms with Crippen LogP contribution in [0.4, 0.5) is 0 Å². The fourth-order valence-corrected chi connectivity index (χ4v) is 4.60. The average Bonchev–Trinajstić information content (AvgIpc) is 2.92. The number of benzene rings is 4.